The molecule has 1 saturated carbocycles. The number of aromatic nitrogens is 4. The Hall–Kier alpha value is -3.08. The van der Waals surface area contributed by atoms with E-state index in [1.807, 2.05) is 79.7 Å². The first-order chi connectivity index (χ1) is 21.5. The minimum Gasteiger partial charge on any atom is -0.528 e. The third kappa shape index (κ3) is 7.66. The van der Waals surface area contributed by atoms with Crippen molar-refractivity contribution in [3.8, 4) is 40.0 Å². The van der Waals surface area contributed by atoms with Gasteiger partial charge in [-0.15, -0.1) is 0 Å². The zero-order valence-electron chi connectivity index (χ0n) is 26.3. The minimum absolute atomic E-state index is 0. The largest absolute Gasteiger partial charge is 1.00 e. The molecule has 0 spiro atoms. The van der Waals surface area contributed by atoms with E-state index < -0.39 is 6.08 Å². The molecule has 5 aromatic rings. The van der Waals surface area contributed by atoms with Crippen LogP contribution in [0.1, 0.15) is 75.0 Å². The van der Waals surface area contributed by atoms with Crippen LogP contribution in [0.25, 0.3) is 28.2 Å². The standard InChI is InChI=1S/C36H38N4O4.K/c1-3-10-32-31(23-24-15-17-25(18-16-24)29-13-8-9-14-30(29)34-38-36(42)44-39-34)35(41)40(33(4-2)37-32)26-19-21-28(22-20-26)43-27-11-6-5-7-12-27;/h8-9,13-22,27H,3-7,10-12,23H2,1-2H3,(H,38,39,42);/q;+1/p-1. The maximum atomic E-state index is 14.2. The van der Waals surface area contributed by atoms with Crippen LogP contribution in [-0.2, 0) is 19.3 Å². The second kappa shape index (κ2) is 15.5. The van der Waals surface area contributed by atoms with Crippen molar-refractivity contribution < 1.29 is 65.8 Å². The monoisotopic (exact) mass is 628 g/mol. The summed E-state index contributed by atoms with van der Waals surface area (Å²) >= 11 is 0. The van der Waals surface area contributed by atoms with E-state index in [9.17, 15) is 9.90 Å². The van der Waals surface area contributed by atoms with Gasteiger partial charge in [0.15, 0.2) is 11.9 Å². The van der Waals surface area contributed by atoms with Gasteiger partial charge in [0, 0.05) is 24.0 Å². The summed E-state index contributed by atoms with van der Waals surface area (Å²) < 4.78 is 12.7. The molecule has 226 valence electrons. The van der Waals surface area contributed by atoms with Gasteiger partial charge in [-0.1, -0.05) is 75.2 Å². The molecule has 6 rings (SSSR count). The summed E-state index contributed by atoms with van der Waals surface area (Å²) in [5.41, 5.74) is 5.92. The predicted molar refractivity (Wildman–Crippen MR) is 168 cm³/mol. The van der Waals surface area contributed by atoms with Crippen molar-refractivity contribution >= 4 is 0 Å². The molecule has 0 aliphatic heterocycles. The molecule has 3 aromatic carbocycles. The van der Waals surface area contributed by atoms with Crippen molar-refractivity contribution in [3.63, 3.8) is 0 Å². The van der Waals surface area contributed by atoms with Gasteiger partial charge in [-0.3, -0.25) is 9.36 Å². The maximum Gasteiger partial charge on any atom is 1.00 e. The van der Waals surface area contributed by atoms with E-state index in [1.165, 1.54) is 19.3 Å². The van der Waals surface area contributed by atoms with Crippen LogP contribution in [0.4, 0.5) is 0 Å². The molecule has 8 nitrogen and oxygen atoms in total. The molecule has 0 atom stereocenters. The Bertz CT molecular complexity index is 1770. The third-order valence-corrected chi connectivity index (χ3v) is 8.31. The van der Waals surface area contributed by atoms with Gasteiger partial charge in [0.1, 0.15) is 11.6 Å². The predicted octanol–water partition coefficient (Wildman–Crippen LogP) is 3.84. The number of rotatable bonds is 10. The third-order valence-electron chi connectivity index (χ3n) is 8.31. The van der Waals surface area contributed by atoms with Crippen molar-refractivity contribution in [2.24, 2.45) is 0 Å². The topological polar surface area (TPSA) is 106 Å². The molecule has 0 unspecified atom stereocenters. The number of hydrogen-bond donors (Lipinski definition) is 0. The Morgan fingerprint density at radius 1 is 0.911 bits per heavy atom. The van der Waals surface area contributed by atoms with Gasteiger partial charge in [-0.2, -0.15) is 5.16 Å². The molecule has 0 N–H and O–H groups in total. The van der Waals surface area contributed by atoms with Crippen LogP contribution in [-0.4, -0.2) is 25.8 Å². The maximum absolute atomic E-state index is 14.2. The average Bonchev–Trinajstić information content (AvgIpc) is 3.50. The van der Waals surface area contributed by atoms with Crippen molar-refractivity contribution in [2.75, 3.05) is 0 Å². The second-order valence-electron chi connectivity index (χ2n) is 11.4. The fraction of sp³-hybridized carbons (Fsp3) is 0.333. The fourth-order valence-corrected chi connectivity index (χ4v) is 6.08. The van der Waals surface area contributed by atoms with E-state index in [0.717, 1.165) is 70.9 Å². The smallest absolute Gasteiger partial charge is 0.528 e. The van der Waals surface area contributed by atoms with Crippen molar-refractivity contribution in [1.82, 2.24) is 19.7 Å². The van der Waals surface area contributed by atoms with Gasteiger partial charge in [0.25, 0.3) is 5.56 Å². The summed E-state index contributed by atoms with van der Waals surface area (Å²) in [5, 5.41) is 15.3. The van der Waals surface area contributed by atoms with E-state index in [-0.39, 0.29) is 68.9 Å². The normalized spacial score (nSPS) is 13.4. The van der Waals surface area contributed by atoms with Crippen LogP contribution >= 0.6 is 0 Å². The Morgan fingerprint density at radius 3 is 2.27 bits per heavy atom. The zero-order valence-corrected chi connectivity index (χ0v) is 29.4. The van der Waals surface area contributed by atoms with Gasteiger partial charge in [-0.25, -0.2) is 9.97 Å². The van der Waals surface area contributed by atoms with E-state index >= 15 is 0 Å². The van der Waals surface area contributed by atoms with Crippen LogP contribution in [0.3, 0.4) is 0 Å². The molecule has 0 saturated heterocycles. The van der Waals surface area contributed by atoms with E-state index in [0.29, 0.717) is 18.4 Å². The molecule has 0 radical (unpaired) electrons. The summed E-state index contributed by atoms with van der Waals surface area (Å²) in [6.07, 6.45) is 8.24. The van der Waals surface area contributed by atoms with E-state index in [2.05, 4.69) is 21.6 Å². The molecule has 1 aliphatic carbocycles. The van der Waals surface area contributed by atoms with Crippen molar-refractivity contribution in [2.45, 2.75) is 77.7 Å². The minimum atomic E-state index is -0.717. The Balaban J connectivity index is 0.00000400. The van der Waals surface area contributed by atoms with Crippen LogP contribution in [0.5, 0.6) is 11.8 Å². The van der Waals surface area contributed by atoms with Crippen LogP contribution in [0.15, 0.2) is 82.1 Å². The molecule has 2 aromatic heterocycles. The number of hydrogen-bond acceptors (Lipinski definition) is 7. The summed E-state index contributed by atoms with van der Waals surface area (Å²) in [6.45, 7) is 4.15. The average molecular weight is 629 g/mol. The molecule has 1 aliphatic rings. The number of nitrogens with zero attached hydrogens (tertiary/aromatic N) is 4. The number of ether oxygens (including phenoxy) is 1. The van der Waals surface area contributed by atoms with Crippen LogP contribution in [0, 0.1) is 0 Å². The molecule has 9 heteroatoms. The molecule has 1 fully saturated rings. The van der Waals surface area contributed by atoms with Crippen LogP contribution < -0.4 is 66.8 Å². The van der Waals surface area contributed by atoms with Gasteiger partial charge in [0.2, 0.25) is 0 Å². The summed E-state index contributed by atoms with van der Waals surface area (Å²) in [7, 11) is 0. The Labute approximate surface area is 306 Å². The molecule has 45 heavy (non-hydrogen) atoms. The van der Waals surface area contributed by atoms with Crippen molar-refractivity contribution in [1.29, 1.82) is 0 Å². The van der Waals surface area contributed by atoms with E-state index in [1.54, 1.807) is 4.57 Å². The SMILES string of the molecule is CCCc1nc(CC)n(-c2ccc(OC3CCCCC3)cc2)c(=O)c1Cc1ccc(-c2ccccc2-c2noc([O-])n2)cc1.[K+]. The first-order valence-electron chi connectivity index (χ1n) is 15.6. The Kier molecular flexibility index (Phi) is 11.4. The Morgan fingerprint density at radius 2 is 1.62 bits per heavy atom. The quantitative estimate of drug-likeness (QED) is 0.217. The molecular weight excluding hydrogens is 592 g/mol. The summed E-state index contributed by atoms with van der Waals surface area (Å²) in [6, 6.07) is 23.6. The zero-order chi connectivity index (χ0) is 30.5. The van der Waals surface area contributed by atoms with Gasteiger partial charge in [0.05, 0.1) is 17.5 Å². The summed E-state index contributed by atoms with van der Waals surface area (Å²) in [5.74, 6) is 1.87. The first-order valence-corrected chi connectivity index (χ1v) is 15.6. The van der Waals surface area contributed by atoms with Gasteiger partial charge >= 0.3 is 51.4 Å². The molecule has 0 bridgehead atoms. The number of aryl methyl sites for hydroxylation is 2. The van der Waals surface area contributed by atoms with Gasteiger partial charge in [-0.05, 0) is 73.1 Å². The molecule has 0 amide bonds. The van der Waals surface area contributed by atoms with Crippen molar-refractivity contribution in [3.05, 3.63) is 106 Å². The van der Waals surface area contributed by atoms with Crippen LogP contribution in [0.2, 0.25) is 0 Å². The fourth-order valence-electron chi connectivity index (χ4n) is 6.08. The van der Waals surface area contributed by atoms with E-state index in [4.69, 9.17) is 9.72 Å². The second-order valence-corrected chi connectivity index (χ2v) is 11.4. The first kappa shape index (κ1) is 33.3. The molecule has 2 heterocycles. The number of benzene rings is 3. The molecular formula is C36H37KN4O4. The van der Waals surface area contributed by atoms with Gasteiger partial charge < -0.3 is 14.4 Å². The summed E-state index contributed by atoms with van der Waals surface area (Å²) in [4.78, 5) is 23.1.